The average Bonchev–Trinajstić information content (AvgIpc) is 3.03. The molecule has 32 heavy (non-hydrogen) atoms. The van der Waals surface area contributed by atoms with Crippen LogP contribution in [0.25, 0.3) is 11.0 Å². The Morgan fingerprint density at radius 3 is 2.56 bits per heavy atom. The number of imidazole rings is 1. The van der Waals surface area contributed by atoms with Crippen LogP contribution >= 0.6 is 11.8 Å². The molecular weight excluding hydrogens is 436 g/mol. The number of nitrogens with zero attached hydrogens (tertiary/aromatic N) is 3. The fourth-order valence-electron chi connectivity index (χ4n) is 3.06. The Morgan fingerprint density at radius 1 is 1.09 bits per heavy atom. The first-order valence-corrected chi connectivity index (χ1v) is 10.5. The number of aryl methyl sites for hydroxylation is 1. The van der Waals surface area contributed by atoms with Gasteiger partial charge in [0, 0.05) is 42.9 Å². The highest BCUT2D eigenvalue weighted by Crippen LogP contribution is 2.30. The highest BCUT2D eigenvalue weighted by Gasteiger charge is 2.11. The van der Waals surface area contributed by atoms with E-state index in [1.807, 2.05) is 23.7 Å². The van der Waals surface area contributed by atoms with E-state index in [1.165, 1.54) is 6.92 Å². The van der Waals surface area contributed by atoms with E-state index in [-0.39, 0.29) is 5.91 Å². The van der Waals surface area contributed by atoms with Crippen molar-refractivity contribution in [2.45, 2.75) is 17.6 Å². The topological polar surface area (TPSA) is 81.1 Å². The van der Waals surface area contributed by atoms with Crippen LogP contribution in [-0.4, -0.2) is 26.2 Å². The van der Waals surface area contributed by atoms with Crippen LogP contribution in [0, 0.1) is 0 Å². The average molecular weight is 455 g/mol. The molecule has 4 rings (SSSR count). The van der Waals surface area contributed by atoms with E-state index < -0.39 is 5.76 Å². The number of ether oxygens (including phenoxy) is 1. The Morgan fingerprint density at radius 2 is 1.84 bits per heavy atom. The number of amides is 1. The zero-order chi connectivity index (χ0) is 22.7. The van der Waals surface area contributed by atoms with Crippen LogP contribution < -0.4 is 15.4 Å². The lowest BCUT2D eigenvalue weighted by molar-refractivity contribution is -0.114. The summed E-state index contributed by atoms with van der Waals surface area (Å²) in [6.07, 6.45) is 1.55. The van der Waals surface area contributed by atoms with Crippen LogP contribution in [0.5, 0.6) is 11.5 Å². The molecule has 0 saturated carbocycles. The van der Waals surface area contributed by atoms with E-state index in [2.05, 4.69) is 20.6 Å². The van der Waals surface area contributed by atoms with Gasteiger partial charge in [-0.05, 0) is 42.5 Å². The molecule has 2 heterocycles. The van der Waals surface area contributed by atoms with Crippen molar-refractivity contribution in [1.82, 2.24) is 14.5 Å². The Labute approximate surface area is 186 Å². The molecule has 164 valence electrons. The van der Waals surface area contributed by atoms with Crippen molar-refractivity contribution in [3.05, 3.63) is 60.8 Å². The molecule has 7 nitrogen and oxygen atoms in total. The third-order valence-corrected chi connectivity index (χ3v) is 5.18. The van der Waals surface area contributed by atoms with Crippen molar-refractivity contribution in [1.29, 1.82) is 0 Å². The van der Waals surface area contributed by atoms with Gasteiger partial charge < -0.3 is 19.9 Å². The molecule has 0 aliphatic heterocycles. The summed E-state index contributed by atoms with van der Waals surface area (Å²) in [5.74, 6) is -0.558. The summed E-state index contributed by atoms with van der Waals surface area (Å²) >= 11 is 0.506. The van der Waals surface area contributed by atoms with Gasteiger partial charge in [-0.3, -0.25) is 4.79 Å². The van der Waals surface area contributed by atoms with E-state index in [0.717, 1.165) is 11.2 Å². The van der Waals surface area contributed by atoms with Crippen molar-refractivity contribution in [2.24, 2.45) is 7.05 Å². The SMILES string of the molecule is CC(=O)Nc1cc(Oc2ccc3c(c2)nc(Nc2ccc(SC(F)F)cc2)n3C)ccn1. The molecule has 0 bridgehead atoms. The van der Waals surface area contributed by atoms with Crippen LogP contribution in [0.15, 0.2) is 65.7 Å². The molecule has 2 N–H and O–H groups in total. The van der Waals surface area contributed by atoms with Gasteiger partial charge >= 0.3 is 0 Å². The van der Waals surface area contributed by atoms with Crippen LogP contribution in [-0.2, 0) is 11.8 Å². The molecule has 10 heteroatoms. The molecule has 1 amide bonds. The monoisotopic (exact) mass is 455 g/mol. The van der Waals surface area contributed by atoms with Gasteiger partial charge in [-0.1, -0.05) is 11.8 Å². The van der Waals surface area contributed by atoms with Crippen molar-refractivity contribution in [3.63, 3.8) is 0 Å². The van der Waals surface area contributed by atoms with Crippen molar-refractivity contribution >= 4 is 46.2 Å². The first-order valence-electron chi connectivity index (χ1n) is 9.57. The number of thioether (sulfide) groups is 1. The van der Waals surface area contributed by atoms with Crippen LogP contribution in [0.4, 0.5) is 26.2 Å². The number of halogens is 2. The van der Waals surface area contributed by atoms with Crippen LogP contribution in [0.2, 0.25) is 0 Å². The fourth-order valence-corrected chi connectivity index (χ4v) is 3.56. The number of benzene rings is 2. The molecule has 0 fully saturated rings. The van der Waals surface area contributed by atoms with Gasteiger partial charge in [0.2, 0.25) is 11.9 Å². The number of aromatic nitrogens is 3. The number of carbonyl (C=O) groups excluding carboxylic acids is 1. The van der Waals surface area contributed by atoms with E-state index in [1.54, 1.807) is 48.7 Å². The van der Waals surface area contributed by atoms with Crippen LogP contribution in [0.3, 0.4) is 0 Å². The molecule has 0 spiro atoms. The molecule has 4 aromatic rings. The Balaban J connectivity index is 1.52. The lowest BCUT2D eigenvalue weighted by atomic mass is 10.3. The fraction of sp³-hybridized carbons (Fsp3) is 0.136. The van der Waals surface area contributed by atoms with E-state index in [4.69, 9.17) is 4.74 Å². The standard InChI is InChI=1S/C22H19F2N5O2S/c1-13(30)26-20-12-16(9-10-25-20)31-15-5-8-19-18(11-15)28-22(29(19)2)27-14-3-6-17(7-4-14)32-21(23)24/h3-12,21H,1-2H3,(H,27,28)(H,25,26,30). The van der Waals surface area contributed by atoms with Gasteiger partial charge in [-0.25, -0.2) is 9.97 Å². The maximum absolute atomic E-state index is 12.5. The number of nitrogens with one attached hydrogen (secondary N) is 2. The molecular formula is C22H19F2N5O2S. The summed E-state index contributed by atoms with van der Waals surface area (Å²) < 4.78 is 32.8. The number of alkyl halides is 2. The summed E-state index contributed by atoms with van der Waals surface area (Å²) in [7, 11) is 1.88. The predicted molar refractivity (Wildman–Crippen MR) is 121 cm³/mol. The zero-order valence-corrected chi connectivity index (χ0v) is 18.0. The number of anilines is 3. The summed E-state index contributed by atoms with van der Waals surface area (Å²) in [6, 6.07) is 15.6. The summed E-state index contributed by atoms with van der Waals surface area (Å²) in [5.41, 5.74) is 2.34. The lowest BCUT2D eigenvalue weighted by Crippen LogP contribution is -2.07. The Hall–Kier alpha value is -3.66. The number of fused-ring (bicyclic) bond motifs is 1. The number of hydrogen-bond donors (Lipinski definition) is 2. The number of pyridine rings is 1. The van der Waals surface area contributed by atoms with Gasteiger partial charge in [-0.2, -0.15) is 8.78 Å². The zero-order valence-electron chi connectivity index (χ0n) is 17.2. The maximum atomic E-state index is 12.5. The molecule has 0 saturated heterocycles. The van der Waals surface area contributed by atoms with E-state index >= 15 is 0 Å². The third-order valence-electron chi connectivity index (χ3n) is 4.46. The first-order chi connectivity index (χ1) is 15.4. The van der Waals surface area contributed by atoms with Crippen molar-refractivity contribution < 1.29 is 18.3 Å². The molecule has 2 aromatic heterocycles. The number of carbonyl (C=O) groups is 1. The minimum absolute atomic E-state index is 0.216. The quantitative estimate of drug-likeness (QED) is 0.344. The third kappa shape index (κ3) is 5.14. The lowest BCUT2D eigenvalue weighted by Gasteiger charge is -2.08. The van der Waals surface area contributed by atoms with Gasteiger partial charge in [0.05, 0.1) is 11.0 Å². The minimum Gasteiger partial charge on any atom is -0.457 e. The maximum Gasteiger partial charge on any atom is 0.288 e. The van der Waals surface area contributed by atoms with E-state index in [9.17, 15) is 13.6 Å². The van der Waals surface area contributed by atoms with Gasteiger partial charge in [0.25, 0.3) is 5.76 Å². The first kappa shape index (κ1) is 21.6. The summed E-state index contributed by atoms with van der Waals surface area (Å²) in [5, 5.41) is 5.82. The largest absolute Gasteiger partial charge is 0.457 e. The highest BCUT2D eigenvalue weighted by atomic mass is 32.2. The summed E-state index contributed by atoms with van der Waals surface area (Å²) in [4.78, 5) is 20.4. The van der Waals surface area contributed by atoms with Crippen molar-refractivity contribution in [3.8, 4) is 11.5 Å². The van der Waals surface area contributed by atoms with Gasteiger partial charge in [-0.15, -0.1) is 0 Å². The minimum atomic E-state index is -2.45. The molecule has 2 aromatic carbocycles. The predicted octanol–water partition coefficient (Wildman–Crippen LogP) is 5.78. The van der Waals surface area contributed by atoms with E-state index in [0.29, 0.717) is 45.4 Å². The summed E-state index contributed by atoms with van der Waals surface area (Å²) in [6.45, 7) is 1.41. The van der Waals surface area contributed by atoms with Gasteiger partial charge in [0.1, 0.15) is 17.3 Å². The smallest absolute Gasteiger partial charge is 0.288 e. The molecule has 0 unspecified atom stereocenters. The highest BCUT2D eigenvalue weighted by molar-refractivity contribution is 7.99. The molecule has 0 radical (unpaired) electrons. The normalized spacial score (nSPS) is 11.0. The number of hydrogen-bond acceptors (Lipinski definition) is 6. The second-order valence-corrected chi connectivity index (χ2v) is 7.90. The Kier molecular flexibility index (Phi) is 6.22. The number of rotatable bonds is 7. The second-order valence-electron chi connectivity index (χ2n) is 6.83. The molecule has 0 aliphatic carbocycles. The second kappa shape index (κ2) is 9.23. The van der Waals surface area contributed by atoms with Crippen molar-refractivity contribution in [2.75, 3.05) is 10.6 Å². The van der Waals surface area contributed by atoms with Gasteiger partial charge in [0.15, 0.2) is 0 Å². The Bertz CT molecular complexity index is 1260. The van der Waals surface area contributed by atoms with Crippen LogP contribution in [0.1, 0.15) is 6.92 Å². The molecule has 0 aliphatic rings. The molecule has 0 atom stereocenters.